The van der Waals surface area contributed by atoms with E-state index in [-0.39, 0.29) is 12.2 Å². The number of ether oxygens (including phenoxy) is 1. The van der Waals surface area contributed by atoms with E-state index < -0.39 is 23.8 Å². The largest absolute Gasteiger partial charge is 0.496 e. The van der Waals surface area contributed by atoms with Crippen molar-refractivity contribution in [2.45, 2.75) is 12.2 Å². The zero-order valence-electron chi connectivity index (χ0n) is 20.7. The van der Waals surface area contributed by atoms with E-state index in [2.05, 4.69) is 5.32 Å². The number of nitrogens with one attached hydrogen (secondary N) is 1. The van der Waals surface area contributed by atoms with Gasteiger partial charge >= 0.3 is 12.2 Å². The highest BCUT2D eigenvalue weighted by Crippen LogP contribution is 2.32. The number of rotatable bonds is 8. The number of urea groups is 1. The van der Waals surface area contributed by atoms with Gasteiger partial charge in [0.1, 0.15) is 5.75 Å². The summed E-state index contributed by atoms with van der Waals surface area (Å²) in [5.41, 5.74) is 2.13. The van der Waals surface area contributed by atoms with Crippen LogP contribution in [0.4, 0.5) is 23.7 Å². The van der Waals surface area contributed by atoms with Crippen molar-refractivity contribution in [2.75, 3.05) is 19.0 Å². The van der Waals surface area contributed by atoms with E-state index in [1.165, 1.54) is 12.1 Å². The molecule has 0 unspecified atom stereocenters. The molecule has 0 radical (unpaired) electrons. The van der Waals surface area contributed by atoms with Gasteiger partial charge in [-0.2, -0.15) is 13.2 Å². The van der Waals surface area contributed by atoms with Crippen molar-refractivity contribution >= 4 is 17.8 Å². The van der Waals surface area contributed by atoms with Crippen LogP contribution in [0, 0.1) is 0 Å². The van der Waals surface area contributed by atoms with Gasteiger partial charge in [-0.15, -0.1) is 0 Å². The monoisotopic (exact) mass is 516 g/mol. The second-order valence-corrected chi connectivity index (χ2v) is 8.53. The summed E-state index contributed by atoms with van der Waals surface area (Å²) in [4.78, 5) is 15.3. The van der Waals surface area contributed by atoms with Crippen LogP contribution in [0.3, 0.4) is 0 Å². The molecule has 4 aromatic carbocycles. The number of methoxy groups -OCH3 is 1. The van der Waals surface area contributed by atoms with Gasteiger partial charge in [0.05, 0.1) is 18.7 Å². The van der Waals surface area contributed by atoms with Crippen molar-refractivity contribution in [2.24, 2.45) is 0 Å². The van der Waals surface area contributed by atoms with Crippen LogP contribution in [-0.2, 0) is 6.18 Å². The Labute approximate surface area is 220 Å². The van der Waals surface area contributed by atoms with Crippen molar-refractivity contribution in [1.29, 1.82) is 0 Å². The summed E-state index contributed by atoms with van der Waals surface area (Å²) in [5, 5.41) is 2.77. The molecule has 4 nitrogen and oxygen atoms in total. The van der Waals surface area contributed by atoms with Crippen LogP contribution < -0.4 is 10.1 Å². The Hall–Kier alpha value is -4.52. The van der Waals surface area contributed by atoms with Gasteiger partial charge in [-0.1, -0.05) is 91.0 Å². The minimum absolute atomic E-state index is 0.221. The Kier molecular flexibility index (Phi) is 8.48. The summed E-state index contributed by atoms with van der Waals surface area (Å²) in [7, 11) is 1.59. The molecule has 0 spiro atoms. The molecular weight excluding hydrogens is 489 g/mol. The number of hydrogen-bond donors (Lipinski definition) is 1. The molecule has 0 saturated heterocycles. The summed E-state index contributed by atoms with van der Waals surface area (Å²) in [6, 6.07) is 30.2. The van der Waals surface area contributed by atoms with E-state index in [1.807, 2.05) is 97.1 Å². The van der Waals surface area contributed by atoms with Crippen molar-refractivity contribution in [3.8, 4) is 5.75 Å². The maximum Gasteiger partial charge on any atom is 0.416 e. The Morgan fingerprint density at radius 3 is 1.95 bits per heavy atom. The molecule has 38 heavy (non-hydrogen) atoms. The van der Waals surface area contributed by atoms with E-state index >= 15 is 0 Å². The molecule has 4 aromatic rings. The quantitative estimate of drug-likeness (QED) is 0.257. The van der Waals surface area contributed by atoms with Crippen LogP contribution in [0.25, 0.3) is 6.08 Å². The molecule has 0 saturated carbocycles. The standard InChI is InChI=1S/C31H27F3N2O2/c1-38-28-17-9-8-11-23(28)16-10-22-36(30(37)35-27-20-18-26(19-21-27)31(32,33)34)29(24-12-4-2-5-13-24)25-14-6-3-7-15-25/h2-21,29H,22H2,1H3,(H,35,37)/b16-10+. The number of para-hydroxylation sites is 1. The molecule has 0 atom stereocenters. The zero-order chi connectivity index (χ0) is 27.0. The first-order valence-electron chi connectivity index (χ1n) is 12.0. The molecule has 1 N–H and O–H groups in total. The predicted molar refractivity (Wildman–Crippen MR) is 144 cm³/mol. The zero-order valence-corrected chi connectivity index (χ0v) is 20.7. The van der Waals surface area contributed by atoms with E-state index in [1.54, 1.807) is 12.0 Å². The molecule has 4 rings (SSSR count). The normalized spacial score (nSPS) is 11.5. The fourth-order valence-corrected chi connectivity index (χ4v) is 4.16. The number of hydrogen-bond acceptors (Lipinski definition) is 2. The number of benzene rings is 4. The molecule has 7 heteroatoms. The molecule has 0 aliphatic heterocycles. The first kappa shape index (κ1) is 26.5. The minimum atomic E-state index is -4.45. The third-order valence-corrected chi connectivity index (χ3v) is 6.01. The molecule has 0 bridgehead atoms. The van der Waals surface area contributed by atoms with Gasteiger partial charge < -0.3 is 15.0 Å². The summed E-state index contributed by atoms with van der Waals surface area (Å²) in [6.07, 6.45) is -0.711. The van der Waals surface area contributed by atoms with Gasteiger partial charge in [0.2, 0.25) is 0 Å². The molecule has 0 aromatic heterocycles. The van der Waals surface area contributed by atoms with E-state index in [4.69, 9.17) is 4.74 Å². The van der Waals surface area contributed by atoms with Gasteiger partial charge in [-0.3, -0.25) is 0 Å². The fourth-order valence-electron chi connectivity index (χ4n) is 4.16. The number of anilines is 1. The van der Waals surface area contributed by atoms with Gasteiger partial charge in [0, 0.05) is 17.8 Å². The van der Waals surface area contributed by atoms with Gasteiger partial charge in [0.25, 0.3) is 0 Å². The van der Waals surface area contributed by atoms with Crippen LogP contribution in [0.5, 0.6) is 5.75 Å². The predicted octanol–water partition coefficient (Wildman–Crippen LogP) is 8.05. The average Bonchev–Trinajstić information content (AvgIpc) is 2.93. The Balaban J connectivity index is 1.69. The van der Waals surface area contributed by atoms with Crippen LogP contribution >= 0.6 is 0 Å². The molecule has 0 fully saturated rings. The minimum Gasteiger partial charge on any atom is -0.496 e. The number of halogens is 3. The summed E-state index contributed by atoms with van der Waals surface area (Å²) in [6.45, 7) is 0.221. The maximum absolute atomic E-state index is 13.7. The molecule has 0 aliphatic carbocycles. The van der Waals surface area contributed by atoms with Crippen LogP contribution in [0.15, 0.2) is 115 Å². The van der Waals surface area contributed by atoms with Crippen LogP contribution in [-0.4, -0.2) is 24.6 Å². The lowest BCUT2D eigenvalue weighted by molar-refractivity contribution is -0.137. The van der Waals surface area contributed by atoms with Crippen molar-refractivity contribution in [3.63, 3.8) is 0 Å². The molecule has 194 valence electrons. The van der Waals surface area contributed by atoms with Crippen molar-refractivity contribution < 1.29 is 22.7 Å². The average molecular weight is 517 g/mol. The van der Waals surface area contributed by atoms with Crippen LogP contribution in [0.1, 0.15) is 28.3 Å². The molecule has 2 amide bonds. The number of alkyl halides is 3. The fraction of sp³-hybridized carbons (Fsp3) is 0.129. The summed E-state index contributed by atoms with van der Waals surface area (Å²) < 4.78 is 44.5. The van der Waals surface area contributed by atoms with Gasteiger partial charge in [-0.25, -0.2) is 4.79 Å². The summed E-state index contributed by atoms with van der Waals surface area (Å²) in [5.74, 6) is 0.701. The second kappa shape index (κ2) is 12.1. The Morgan fingerprint density at radius 1 is 0.842 bits per heavy atom. The highest BCUT2D eigenvalue weighted by Gasteiger charge is 2.30. The lowest BCUT2D eigenvalue weighted by atomic mass is 9.97. The lowest BCUT2D eigenvalue weighted by Crippen LogP contribution is -2.39. The van der Waals surface area contributed by atoms with Crippen LogP contribution in [0.2, 0.25) is 0 Å². The van der Waals surface area contributed by atoms with Gasteiger partial charge in [0.15, 0.2) is 0 Å². The van der Waals surface area contributed by atoms with E-state index in [9.17, 15) is 18.0 Å². The lowest BCUT2D eigenvalue weighted by Gasteiger charge is -2.32. The number of carbonyl (C=O) groups excluding carboxylic acids is 1. The number of carbonyl (C=O) groups is 1. The first-order valence-corrected chi connectivity index (χ1v) is 12.0. The Bertz CT molecular complexity index is 1320. The van der Waals surface area contributed by atoms with E-state index in [0.29, 0.717) is 5.75 Å². The first-order chi connectivity index (χ1) is 18.4. The third kappa shape index (κ3) is 6.62. The molecule has 0 aliphatic rings. The summed E-state index contributed by atoms with van der Waals surface area (Å²) >= 11 is 0. The SMILES string of the molecule is COc1ccccc1/C=C/CN(C(=O)Nc1ccc(C(F)(F)F)cc1)C(c1ccccc1)c1ccccc1. The smallest absolute Gasteiger partial charge is 0.416 e. The van der Waals surface area contributed by atoms with Crippen molar-refractivity contribution in [3.05, 3.63) is 138 Å². The highest BCUT2D eigenvalue weighted by atomic mass is 19.4. The highest BCUT2D eigenvalue weighted by molar-refractivity contribution is 5.90. The second-order valence-electron chi connectivity index (χ2n) is 8.53. The maximum atomic E-state index is 13.7. The number of nitrogens with zero attached hydrogens (tertiary/aromatic N) is 1. The molecular formula is C31H27F3N2O2. The third-order valence-electron chi connectivity index (χ3n) is 6.01. The Morgan fingerprint density at radius 2 is 1.39 bits per heavy atom. The van der Waals surface area contributed by atoms with E-state index in [0.717, 1.165) is 28.8 Å². The van der Waals surface area contributed by atoms with Gasteiger partial charge in [-0.05, 0) is 41.5 Å². The number of amides is 2. The van der Waals surface area contributed by atoms with Crippen molar-refractivity contribution in [1.82, 2.24) is 4.90 Å². The topological polar surface area (TPSA) is 41.6 Å². The molecule has 0 heterocycles.